The Bertz CT molecular complexity index is 876. The van der Waals surface area contributed by atoms with Crippen LogP contribution in [0.4, 0.5) is 0 Å². The van der Waals surface area contributed by atoms with Crippen LogP contribution in [0.5, 0.6) is 11.5 Å². The zero-order valence-corrected chi connectivity index (χ0v) is 18.6. The molecule has 30 heavy (non-hydrogen) atoms. The van der Waals surface area contributed by atoms with Gasteiger partial charge in [0.25, 0.3) is 0 Å². The number of hydrogen-bond donors (Lipinski definition) is 0. The largest absolute Gasteiger partial charge is 0.489 e. The van der Waals surface area contributed by atoms with Crippen molar-refractivity contribution in [3.8, 4) is 11.5 Å². The number of fused-ring (bicyclic) bond motifs is 2. The number of benzene rings is 2. The third-order valence-corrected chi connectivity index (χ3v) is 4.90. The van der Waals surface area contributed by atoms with Gasteiger partial charge in [0.1, 0.15) is 23.7 Å². The van der Waals surface area contributed by atoms with Crippen molar-refractivity contribution in [3.05, 3.63) is 58.7 Å². The summed E-state index contributed by atoms with van der Waals surface area (Å²) < 4.78 is 12.2. The molecule has 2 aromatic carbocycles. The van der Waals surface area contributed by atoms with E-state index in [1.807, 2.05) is 51.8 Å². The molecule has 0 saturated heterocycles. The third-order valence-electron chi connectivity index (χ3n) is 4.90. The van der Waals surface area contributed by atoms with E-state index in [-0.39, 0.29) is 23.8 Å². The first kappa shape index (κ1) is 22.0. The minimum Gasteiger partial charge on any atom is -0.489 e. The van der Waals surface area contributed by atoms with E-state index in [1.165, 1.54) is 0 Å². The maximum absolute atomic E-state index is 13.4. The van der Waals surface area contributed by atoms with E-state index >= 15 is 0 Å². The summed E-state index contributed by atoms with van der Waals surface area (Å²) in [7, 11) is 7.85. The van der Waals surface area contributed by atoms with Crippen LogP contribution >= 0.6 is 0 Å². The van der Waals surface area contributed by atoms with E-state index in [4.69, 9.17) is 9.47 Å². The van der Waals surface area contributed by atoms with Gasteiger partial charge in [-0.05, 0) is 54.2 Å². The summed E-state index contributed by atoms with van der Waals surface area (Å²) in [4.78, 5) is 30.8. The molecule has 0 aliphatic heterocycles. The van der Waals surface area contributed by atoms with Crippen LogP contribution in [0, 0.1) is 0 Å². The van der Waals surface area contributed by atoms with Gasteiger partial charge < -0.3 is 19.3 Å². The Morgan fingerprint density at radius 2 is 1.07 bits per heavy atom. The molecule has 0 fully saturated rings. The molecule has 0 spiro atoms. The molecule has 0 amide bonds. The van der Waals surface area contributed by atoms with Crippen molar-refractivity contribution in [3.63, 3.8) is 0 Å². The number of hydrogen-bond acceptors (Lipinski definition) is 6. The van der Waals surface area contributed by atoms with Gasteiger partial charge in [-0.1, -0.05) is 24.3 Å². The summed E-state index contributed by atoms with van der Waals surface area (Å²) in [6.45, 7) is 5.26. The molecule has 3 rings (SSSR count). The van der Waals surface area contributed by atoms with Crippen molar-refractivity contribution < 1.29 is 19.1 Å². The predicted octanol–water partition coefficient (Wildman–Crippen LogP) is 3.12. The lowest BCUT2D eigenvalue weighted by molar-refractivity contribution is 0.0963. The molecule has 0 unspecified atom stereocenters. The fraction of sp³-hybridized carbons (Fsp3) is 0.417. The third kappa shape index (κ3) is 4.55. The van der Waals surface area contributed by atoms with Gasteiger partial charge in [0.2, 0.25) is 0 Å². The number of carbonyl (C=O) groups is 2. The summed E-state index contributed by atoms with van der Waals surface area (Å²) in [5.41, 5.74) is 1.38. The highest BCUT2D eigenvalue weighted by molar-refractivity contribution is 6.30. The highest BCUT2D eigenvalue weighted by atomic mass is 16.5. The summed E-state index contributed by atoms with van der Waals surface area (Å²) in [6.07, 6.45) is -0.299. The first-order chi connectivity index (χ1) is 14.2. The minimum atomic E-state index is -0.210. The highest BCUT2D eigenvalue weighted by Crippen LogP contribution is 2.39. The Hall–Kier alpha value is -2.70. The first-order valence-electron chi connectivity index (χ1n) is 10.2. The van der Waals surface area contributed by atoms with Gasteiger partial charge in [0, 0.05) is 24.2 Å². The van der Waals surface area contributed by atoms with Crippen LogP contribution in [0.1, 0.15) is 45.7 Å². The smallest absolute Gasteiger partial charge is 0.198 e. The van der Waals surface area contributed by atoms with Crippen molar-refractivity contribution >= 4 is 11.6 Å². The van der Waals surface area contributed by atoms with Crippen LogP contribution < -0.4 is 9.47 Å². The van der Waals surface area contributed by atoms with Crippen molar-refractivity contribution in [1.82, 2.24) is 9.80 Å². The summed E-state index contributed by atoms with van der Waals surface area (Å²) in [6, 6.07) is 10.4. The van der Waals surface area contributed by atoms with Crippen molar-refractivity contribution in [1.29, 1.82) is 0 Å². The molecule has 6 nitrogen and oxygen atoms in total. The average Bonchev–Trinajstić information content (AvgIpc) is 2.65. The Morgan fingerprint density at radius 3 is 1.40 bits per heavy atom. The number of ether oxygens (including phenoxy) is 2. The molecule has 2 aromatic rings. The van der Waals surface area contributed by atoms with Crippen LogP contribution in [0.2, 0.25) is 0 Å². The Kier molecular flexibility index (Phi) is 6.58. The molecule has 0 bridgehead atoms. The predicted molar refractivity (Wildman–Crippen MR) is 117 cm³/mol. The van der Waals surface area contributed by atoms with Crippen molar-refractivity contribution in [2.75, 3.05) is 41.3 Å². The number of ketones is 2. The van der Waals surface area contributed by atoms with Crippen LogP contribution in [-0.4, -0.2) is 74.9 Å². The first-order valence-corrected chi connectivity index (χ1v) is 10.2. The number of carbonyl (C=O) groups excluding carboxylic acids is 2. The Balaban J connectivity index is 2.08. The fourth-order valence-electron chi connectivity index (χ4n) is 3.90. The quantitative estimate of drug-likeness (QED) is 0.569. The SMILES string of the molecule is C[C@H](CN(C)C)Oc1ccc(O[C@H](C)CN(C)C)c2c1C(=O)c1ccccc1C2=O. The standard InChI is InChI=1S/C24H30N2O4/c1-15(13-25(3)4)29-19-11-12-20(30-16(2)14-26(5)6)22-21(19)23(27)17-9-7-8-10-18(17)24(22)28/h7-12,15-16H,13-14H2,1-6H3/t15-,16-/m1/s1. The lowest BCUT2D eigenvalue weighted by Gasteiger charge is -2.27. The van der Waals surface area contributed by atoms with Gasteiger partial charge in [-0.3, -0.25) is 9.59 Å². The topological polar surface area (TPSA) is 59.1 Å². The Morgan fingerprint density at radius 1 is 0.700 bits per heavy atom. The molecule has 0 aromatic heterocycles. The second-order valence-electron chi connectivity index (χ2n) is 8.40. The summed E-state index contributed by atoms with van der Waals surface area (Å²) >= 11 is 0. The minimum absolute atomic E-state index is 0.149. The zero-order valence-electron chi connectivity index (χ0n) is 18.6. The molecule has 6 heteroatoms. The van der Waals surface area contributed by atoms with Gasteiger partial charge >= 0.3 is 0 Å². The number of likely N-dealkylation sites (N-methyl/N-ethyl adjacent to an activating group) is 2. The molecule has 0 N–H and O–H groups in total. The molecule has 0 radical (unpaired) electrons. The maximum atomic E-state index is 13.4. The van der Waals surface area contributed by atoms with Crippen LogP contribution in [0.3, 0.4) is 0 Å². The number of nitrogens with zero attached hydrogens (tertiary/aromatic N) is 2. The summed E-state index contributed by atoms with van der Waals surface area (Å²) in [5.74, 6) is 0.413. The molecule has 160 valence electrons. The molecule has 2 atom stereocenters. The number of rotatable bonds is 8. The molecule has 1 aliphatic rings. The molecular weight excluding hydrogens is 380 g/mol. The Labute approximate surface area is 178 Å². The normalized spacial score (nSPS) is 15.1. The molecular formula is C24H30N2O4. The van der Waals surface area contributed by atoms with E-state index in [1.54, 1.807) is 36.4 Å². The van der Waals surface area contributed by atoms with Gasteiger partial charge in [-0.25, -0.2) is 0 Å². The van der Waals surface area contributed by atoms with E-state index in [9.17, 15) is 9.59 Å². The zero-order chi connectivity index (χ0) is 22.0. The van der Waals surface area contributed by atoms with Gasteiger partial charge in [-0.15, -0.1) is 0 Å². The van der Waals surface area contributed by atoms with Crippen LogP contribution in [-0.2, 0) is 0 Å². The maximum Gasteiger partial charge on any atom is 0.198 e. The lowest BCUT2D eigenvalue weighted by Crippen LogP contribution is -2.31. The molecule has 0 heterocycles. The fourth-order valence-corrected chi connectivity index (χ4v) is 3.90. The average molecular weight is 411 g/mol. The van der Waals surface area contributed by atoms with E-state index < -0.39 is 0 Å². The molecule has 1 aliphatic carbocycles. The highest BCUT2D eigenvalue weighted by Gasteiger charge is 2.35. The van der Waals surface area contributed by atoms with Crippen LogP contribution in [0.25, 0.3) is 0 Å². The van der Waals surface area contributed by atoms with Gasteiger partial charge in [0.15, 0.2) is 11.6 Å². The van der Waals surface area contributed by atoms with Gasteiger partial charge in [-0.2, -0.15) is 0 Å². The van der Waals surface area contributed by atoms with Crippen molar-refractivity contribution in [2.24, 2.45) is 0 Å². The second kappa shape index (κ2) is 8.98. The van der Waals surface area contributed by atoms with E-state index in [2.05, 4.69) is 0 Å². The summed E-state index contributed by atoms with van der Waals surface area (Å²) in [5, 5.41) is 0. The van der Waals surface area contributed by atoms with E-state index in [0.717, 1.165) is 0 Å². The second-order valence-corrected chi connectivity index (χ2v) is 8.40. The van der Waals surface area contributed by atoms with E-state index in [0.29, 0.717) is 46.8 Å². The van der Waals surface area contributed by atoms with Gasteiger partial charge in [0.05, 0.1) is 11.1 Å². The van der Waals surface area contributed by atoms with Crippen molar-refractivity contribution in [2.45, 2.75) is 26.1 Å². The lowest BCUT2D eigenvalue weighted by atomic mass is 9.83. The van der Waals surface area contributed by atoms with Crippen LogP contribution in [0.15, 0.2) is 36.4 Å². The monoisotopic (exact) mass is 410 g/mol. The molecule has 0 saturated carbocycles.